The number of hydrogen-bond donors (Lipinski definition) is 3. The van der Waals surface area contributed by atoms with E-state index in [0.29, 0.717) is 31.6 Å². The van der Waals surface area contributed by atoms with Crippen LogP contribution in [0.1, 0.15) is 421 Å². The van der Waals surface area contributed by atoms with Gasteiger partial charge in [0.2, 0.25) is 0 Å². The van der Waals surface area contributed by atoms with Crippen molar-refractivity contribution in [2.75, 3.05) is 39.6 Å². The van der Waals surface area contributed by atoms with Crippen LogP contribution in [-0.4, -0.2) is 96.7 Å². The summed E-state index contributed by atoms with van der Waals surface area (Å²) in [5.41, 5.74) is 0. The van der Waals surface area contributed by atoms with Crippen LogP contribution in [0.2, 0.25) is 0 Å². The van der Waals surface area contributed by atoms with Gasteiger partial charge in [-0.3, -0.25) is 37.3 Å². The summed E-state index contributed by atoms with van der Waals surface area (Å²) < 4.78 is 68.7. The van der Waals surface area contributed by atoms with E-state index in [-0.39, 0.29) is 25.7 Å². The molecule has 0 aromatic carbocycles. The van der Waals surface area contributed by atoms with Gasteiger partial charge in [0.15, 0.2) is 12.2 Å². The van der Waals surface area contributed by atoms with Crippen LogP contribution in [0.5, 0.6) is 0 Å². The van der Waals surface area contributed by atoms with Crippen molar-refractivity contribution < 1.29 is 80.2 Å². The van der Waals surface area contributed by atoms with Crippen LogP contribution in [0.15, 0.2) is 0 Å². The molecular formula is C81H158O17P2. The molecule has 0 saturated carbocycles. The average molecular weight is 1470 g/mol. The lowest BCUT2D eigenvalue weighted by molar-refractivity contribution is -0.161. The molecule has 0 fully saturated rings. The van der Waals surface area contributed by atoms with Crippen LogP contribution in [-0.2, 0) is 65.4 Å². The third-order valence-electron chi connectivity index (χ3n) is 18.9. The minimum Gasteiger partial charge on any atom is -0.462 e. The molecule has 5 atom stereocenters. The second-order valence-corrected chi connectivity index (χ2v) is 33.5. The predicted octanol–water partition coefficient (Wildman–Crippen LogP) is 24.1. The Morgan fingerprint density at radius 1 is 0.270 bits per heavy atom. The number of unbranched alkanes of at least 4 members (excludes halogenated alkanes) is 47. The number of rotatable bonds is 79. The number of aliphatic hydroxyl groups excluding tert-OH is 1. The fraction of sp³-hybridized carbons (Fsp3) is 0.951. The highest BCUT2D eigenvalue weighted by Crippen LogP contribution is 2.45. The average Bonchev–Trinajstić information content (AvgIpc) is 0.933. The SMILES string of the molecule is CCCCCCCCCCCCCCCCCCCCCCC(=O)O[C@H](COC(=O)CCCCCCCCCCCCCCCC(C)C)COP(=O)(O)OC[C@@H](O)COP(=O)(O)OC[C@@H](COC(=O)CCCCCCCCCC(C)C)OC(=O)CCCCCCCCCCCCCC(C)C. The van der Waals surface area contributed by atoms with E-state index >= 15 is 0 Å². The van der Waals surface area contributed by atoms with Crippen LogP contribution in [0, 0.1) is 17.8 Å². The van der Waals surface area contributed by atoms with Crippen LogP contribution in [0.4, 0.5) is 0 Å². The number of ether oxygens (including phenoxy) is 4. The Balaban J connectivity index is 5.23. The number of phosphoric acid groups is 2. The van der Waals surface area contributed by atoms with Gasteiger partial charge in [-0.2, -0.15) is 0 Å². The molecule has 0 heterocycles. The van der Waals surface area contributed by atoms with Gasteiger partial charge in [0.05, 0.1) is 26.4 Å². The molecule has 0 aliphatic rings. The first-order chi connectivity index (χ1) is 48.2. The molecular weight excluding hydrogens is 1310 g/mol. The van der Waals surface area contributed by atoms with Gasteiger partial charge < -0.3 is 33.8 Å². The maximum Gasteiger partial charge on any atom is 0.472 e. The number of carbonyl (C=O) groups is 4. The Morgan fingerprint density at radius 2 is 0.460 bits per heavy atom. The third kappa shape index (κ3) is 74.3. The highest BCUT2D eigenvalue weighted by atomic mass is 31.2. The fourth-order valence-electron chi connectivity index (χ4n) is 12.5. The summed E-state index contributed by atoms with van der Waals surface area (Å²) in [7, 11) is -9.92. The zero-order valence-corrected chi connectivity index (χ0v) is 67.5. The highest BCUT2D eigenvalue weighted by molar-refractivity contribution is 7.47. The monoisotopic (exact) mass is 1470 g/mol. The number of phosphoric ester groups is 2. The molecule has 19 heteroatoms. The molecule has 0 aliphatic carbocycles. The van der Waals surface area contributed by atoms with E-state index in [1.165, 1.54) is 225 Å². The van der Waals surface area contributed by atoms with Gasteiger partial charge >= 0.3 is 39.5 Å². The van der Waals surface area contributed by atoms with Crippen molar-refractivity contribution in [3.05, 3.63) is 0 Å². The molecule has 17 nitrogen and oxygen atoms in total. The summed E-state index contributed by atoms with van der Waals surface area (Å²) in [6.45, 7) is 11.9. The Bertz CT molecular complexity index is 1940. The van der Waals surface area contributed by atoms with Gasteiger partial charge in [0, 0.05) is 25.7 Å². The number of aliphatic hydroxyl groups is 1. The predicted molar refractivity (Wildman–Crippen MR) is 409 cm³/mol. The summed E-state index contributed by atoms with van der Waals surface area (Å²) >= 11 is 0. The summed E-state index contributed by atoms with van der Waals surface area (Å²) in [5.74, 6) is 0.149. The van der Waals surface area contributed by atoms with Gasteiger partial charge in [-0.05, 0) is 43.4 Å². The third-order valence-corrected chi connectivity index (χ3v) is 20.8. The zero-order valence-electron chi connectivity index (χ0n) is 65.7. The lowest BCUT2D eigenvalue weighted by Gasteiger charge is -2.21. The lowest BCUT2D eigenvalue weighted by atomic mass is 10.0. The van der Waals surface area contributed by atoms with E-state index in [4.69, 9.17) is 37.0 Å². The minimum atomic E-state index is -4.96. The molecule has 100 heavy (non-hydrogen) atoms. The molecule has 0 aromatic rings. The van der Waals surface area contributed by atoms with Crippen LogP contribution < -0.4 is 0 Å². The molecule has 0 aliphatic heterocycles. The first kappa shape index (κ1) is 98.1. The van der Waals surface area contributed by atoms with E-state index in [1.807, 2.05) is 0 Å². The maximum absolute atomic E-state index is 13.1. The zero-order chi connectivity index (χ0) is 73.7. The van der Waals surface area contributed by atoms with Crippen molar-refractivity contribution in [2.24, 2.45) is 17.8 Å². The van der Waals surface area contributed by atoms with Crippen LogP contribution in [0.25, 0.3) is 0 Å². The number of carbonyl (C=O) groups excluding carboxylic acids is 4. The maximum atomic E-state index is 13.1. The van der Waals surface area contributed by atoms with E-state index in [0.717, 1.165) is 108 Å². The molecule has 0 amide bonds. The van der Waals surface area contributed by atoms with Crippen molar-refractivity contribution in [2.45, 2.75) is 439 Å². The van der Waals surface area contributed by atoms with Gasteiger partial charge in [-0.15, -0.1) is 0 Å². The number of esters is 4. The van der Waals surface area contributed by atoms with Gasteiger partial charge in [-0.1, -0.05) is 370 Å². The largest absolute Gasteiger partial charge is 0.472 e. The normalized spacial score (nSPS) is 14.0. The molecule has 0 radical (unpaired) electrons. The number of hydrogen-bond acceptors (Lipinski definition) is 15. The van der Waals surface area contributed by atoms with E-state index in [9.17, 15) is 43.2 Å². The summed E-state index contributed by atoms with van der Waals surface area (Å²) in [6, 6.07) is 0. The molecule has 0 bridgehead atoms. The van der Waals surface area contributed by atoms with Crippen molar-refractivity contribution >= 4 is 39.5 Å². The highest BCUT2D eigenvalue weighted by Gasteiger charge is 2.30. The Labute approximate surface area is 613 Å². The van der Waals surface area contributed by atoms with Crippen LogP contribution >= 0.6 is 15.6 Å². The molecule has 594 valence electrons. The minimum absolute atomic E-state index is 0.106. The quantitative estimate of drug-likeness (QED) is 0.0222. The molecule has 0 saturated heterocycles. The van der Waals surface area contributed by atoms with Gasteiger partial charge in [0.25, 0.3) is 0 Å². The summed E-state index contributed by atoms with van der Waals surface area (Å²) in [4.78, 5) is 73.0. The Morgan fingerprint density at radius 3 is 0.680 bits per heavy atom. The molecule has 0 rings (SSSR count). The van der Waals surface area contributed by atoms with Crippen molar-refractivity contribution in [3.63, 3.8) is 0 Å². The van der Waals surface area contributed by atoms with E-state index in [2.05, 4.69) is 48.5 Å². The Kier molecular flexibility index (Phi) is 69.9. The lowest BCUT2D eigenvalue weighted by Crippen LogP contribution is -2.30. The first-order valence-electron chi connectivity index (χ1n) is 41.8. The molecule has 0 spiro atoms. The fourth-order valence-corrected chi connectivity index (χ4v) is 14.1. The van der Waals surface area contributed by atoms with E-state index < -0.39 is 97.5 Å². The topological polar surface area (TPSA) is 237 Å². The van der Waals surface area contributed by atoms with Gasteiger partial charge in [0.1, 0.15) is 19.3 Å². The van der Waals surface area contributed by atoms with Gasteiger partial charge in [-0.25, -0.2) is 9.13 Å². The first-order valence-corrected chi connectivity index (χ1v) is 44.8. The Hall–Kier alpha value is -1.94. The van der Waals surface area contributed by atoms with Crippen molar-refractivity contribution in [3.8, 4) is 0 Å². The second kappa shape index (κ2) is 71.3. The molecule has 0 aromatic heterocycles. The molecule has 2 unspecified atom stereocenters. The van der Waals surface area contributed by atoms with Crippen molar-refractivity contribution in [1.29, 1.82) is 0 Å². The van der Waals surface area contributed by atoms with Crippen LogP contribution in [0.3, 0.4) is 0 Å². The van der Waals surface area contributed by atoms with E-state index in [1.54, 1.807) is 0 Å². The second-order valence-electron chi connectivity index (χ2n) is 30.6. The summed E-state index contributed by atoms with van der Waals surface area (Å²) in [5, 5.41) is 10.6. The standard InChI is InChI=1S/C81H158O17P2/c1-8-9-10-11-12-13-14-15-16-17-18-19-20-21-24-30-35-42-50-57-64-80(85)97-76(68-91-78(83)62-55-48-41-34-29-25-22-23-27-32-38-45-52-59-72(2)3)70-95-99(87,88)93-66-75(82)67-94-100(89,90)96-71-77(69-92-79(84)63-56-49-44-37-40-47-54-61-74(6)7)98-81(86)65-58-51-43-36-31-26-28-33-39-46-53-60-73(4)5/h72-77,82H,8-71H2,1-7H3,(H,87,88)(H,89,90)/t75-,76-,77-/m1/s1. The van der Waals surface area contributed by atoms with Crippen molar-refractivity contribution in [1.82, 2.24) is 0 Å². The molecule has 3 N–H and O–H groups in total. The smallest absolute Gasteiger partial charge is 0.462 e. The summed E-state index contributed by atoms with van der Waals surface area (Å²) in [6.07, 6.45) is 59.8.